The van der Waals surface area contributed by atoms with Crippen LogP contribution < -0.4 is 4.72 Å². The number of aromatic nitrogens is 1. The van der Waals surface area contributed by atoms with Crippen LogP contribution in [0.3, 0.4) is 0 Å². The highest BCUT2D eigenvalue weighted by Gasteiger charge is 2.23. The Hall–Kier alpha value is -2.75. The van der Waals surface area contributed by atoms with Gasteiger partial charge in [0.1, 0.15) is 0 Å². The van der Waals surface area contributed by atoms with Crippen LogP contribution in [0, 0.1) is 20.8 Å². The minimum Gasteiger partial charge on any atom is -0.336 e. The molecule has 1 aliphatic heterocycles. The first-order valence-electron chi connectivity index (χ1n) is 10.8. The maximum Gasteiger partial charge on any atom is 0.262 e. The number of thiazole rings is 1. The molecule has 1 fully saturated rings. The van der Waals surface area contributed by atoms with Crippen molar-refractivity contribution in [2.24, 2.45) is 0 Å². The number of amides is 1. The van der Waals surface area contributed by atoms with Gasteiger partial charge in [-0.1, -0.05) is 18.2 Å². The van der Waals surface area contributed by atoms with Crippen molar-refractivity contribution < 1.29 is 13.2 Å². The van der Waals surface area contributed by atoms with E-state index in [4.69, 9.17) is 0 Å². The van der Waals surface area contributed by atoms with Crippen LogP contribution in [0.25, 0.3) is 0 Å². The second kappa shape index (κ2) is 9.62. The molecule has 0 spiro atoms. The van der Waals surface area contributed by atoms with Crippen LogP contribution in [0.2, 0.25) is 0 Å². The van der Waals surface area contributed by atoms with Gasteiger partial charge in [-0.15, -0.1) is 11.3 Å². The smallest absolute Gasteiger partial charge is 0.262 e. The number of anilines is 1. The first kappa shape index (κ1) is 23.4. The fourth-order valence-electron chi connectivity index (χ4n) is 3.92. The average molecular weight is 485 g/mol. The molecule has 0 radical (unpaired) electrons. The number of hydrogen-bond acceptors (Lipinski definition) is 6. The van der Waals surface area contributed by atoms with Gasteiger partial charge in [0.2, 0.25) is 0 Å². The summed E-state index contributed by atoms with van der Waals surface area (Å²) in [6.45, 7) is 9.23. The molecule has 0 unspecified atom stereocenters. The van der Waals surface area contributed by atoms with Gasteiger partial charge < -0.3 is 4.90 Å². The molecule has 1 amide bonds. The van der Waals surface area contributed by atoms with Gasteiger partial charge in [-0.3, -0.25) is 14.4 Å². The lowest BCUT2D eigenvalue weighted by atomic mass is 10.1. The Bertz CT molecular complexity index is 1260. The van der Waals surface area contributed by atoms with Crippen LogP contribution >= 0.6 is 11.3 Å². The Balaban J connectivity index is 1.41. The molecule has 9 heteroatoms. The second-order valence-corrected chi connectivity index (χ2v) is 11.1. The molecule has 2 aromatic carbocycles. The molecule has 1 aliphatic rings. The van der Waals surface area contributed by atoms with Crippen LogP contribution in [0.5, 0.6) is 0 Å². The maximum atomic E-state index is 13.1. The molecule has 0 bridgehead atoms. The van der Waals surface area contributed by atoms with E-state index in [0.29, 0.717) is 29.9 Å². The Morgan fingerprint density at radius 3 is 2.52 bits per heavy atom. The van der Waals surface area contributed by atoms with E-state index < -0.39 is 10.0 Å². The van der Waals surface area contributed by atoms with Gasteiger partial charge in [0.05, 0.1) is 15.6 Å². The van der Waals surface area contributed by atoms with Crippen molar-refractivity contribution in [2.45, 2.75) is 32.2 Å². The summed E-state index contributed by atoms with van der Waals surface area (Å²) in [7, 11) is -3.76. The number of nitrogens with one attached hydrogen (secondary N) is 1. The number of nitrogens with zero attached hydrogens (tertiary/aromatic N) is 3. The van der Waals surface area contributed by atoms with Crippen LogP contribution in [0.4, 0.5) is 5.69 Å². The van der Waals surface area contributed by atoms with Crippen molar-refractivity contribution in [3.05, 3.63) is 75.2 Å². The Morgan fingerprint density at radius 1 is 1.06 bits per heavy atom. The monoisotopic (exact) mass is 484 g/mol. The summed E-state index contributed by atoms with van der Waals surface area (Å²) in [6, 6.07) is 12.0. The predicted octanol–water partition coefficient (Wildman–Crippen LogP) is 3.83. The number of piperazine rings is 1. The van der Waals surface area contributed by atoms with Gasteiger partial charge >= 0.3 is 0 Å². The normalized spacial score (nSPS) is 14.9. The molecule has 174 valence electrons. The lowest BCUT2D eigenvalue weighted by Gasteiger charge is -2.34. The van der Waals surface area contributed by atoms with Gasteiger partial charge in [0.25, 0.3) is 15.9 Å². The lowest BCUT2D eigenvalue weighted by molar-refractivity contribution is 0.0627. The van der Waals surface area contributed by atoms with E-state index in [1.54, 1.807) is 54.7 Å². The molecule has 1 saturated heterocycles. The summed E-state index contributed by atoms with van der Waals surface area (Å²) < 4.78 is 28.5. The van der Waals surface area contributed by atoms with Crippen LogP contribution in [-0.2, 0) is 16.6 Å². The molecule has 0 aliphatic carbocycles. The van der Waals surface area contributed by atoms with Crippen LogP contribution in [-0.4, -0.2) is 55.3 Å². The minimum absolute atomic E-state index is 0.0908. The second-order valence-electron chi connectivity index (χ2n) is 8.38. The zero-order valence-corrected chi connectivity index (χ0v) is 20.7. The van der Waals surface area contributed by atoms with E-state index in [0.717, 1.165) is 35.9 Å². The van der Waals surface area contributed by atoms with Gasteiger partial charge in [0.15, 0.2) is 0 Å². The van der Waals surface area contributed by atoms with E-state index in [9.17, 15) is 13.2 Å². The zero-order valence-electron chi connectivity index (χ0n) is 19.0. The highest BCUT2D eigenvalue weighted by Crippen LogP contribution is 2.22. The molecule has 7 nitrogen and oxygen atoms in total. The quantitative estimate of drug-likeness (QED) is 0.575. The molecular weight excluding hydrogens is 456 g/mol. The van der Waals surface area contributed by atoms with Crippen molar-refractivity contribution in [3.8, 4) is 0 Å². The highest BCUT2D eigenvalue weighted by molar-refractivity contribution is 7.92. The number of hydrogen-bond donors (Lipinski definition) is 1. The molecule has 0 atom stereocenters. The summed E-state index contributed by atoms with van der Waals surface area (Å²) in [5, 5.41) is 3.14. The van der Waals surface area contributed by atoms with Gasteiger partial charge in [-0.2, -0.15) is 0 Å². The number of carbonyl (C=O) groups is 1. The maximum absolute atomic E-state index is 13.1. The standard InChI is InChI=1S/C24H28N4O3S2/c1-17-7-8-18(2)23(13-17)33(30,31)26-21-6-4-5-20(14-21)24(29)28-11-9-27(10-12-28)15-22-16-32-19(3)25-22/h4-8,13-14,16,26H,9-12,15H2,1-3H3. The van der Waals surface area contributed by atoms with Crippen LogP contribution in [0.1, 0.15) is 32.2 Å². The van der Waals surface area contributed by atoms with Crippen molar-refractivity contribution in [3.63, 3.8) is 0 Å². The molecule has 0 saturated carbocycles. The molecule has 33 heavy (non-hydrogen) atoms. The summed E-state index contributed by atoms with van der Waals surface area (Å²) in [4.78, 5) is 22.0. The molecule has 1 aromatic heterocycles. The molecular formula is C24H28N4O3S2. The molecule has 4 rings (SSSR count). The topological polar surface area (TPSA) is 82.6 Å². The molecule has 1 N–H and O–H groups in total. The number of carbonyl (C=O) groups excluding carboxylic acids is 1. The number of sulfonamides is 1. The molecule has 3 aromatic rings. The molecule has 2 heterocycles. The van der Waals surface area contributed by atoms with E-state index in [1.807, 2.05) is 24.8 Å². The predicted molar refractivity (Wildman–Crippen MR) is 131 cm³/mol. The van der Waals surface area contributed by atoms with Gasteiger partial charge in [-0.05, 0) is 56.2 Å². The van der Waals surface area contributed by atoms with Crippen molar-refractivity contribution in [1.29, 1.82) is 0 Å². The van der Waals surface area contributed by atoms with E-state index >= 15 is 0 Å². The van der Waals surface area contributed by atoms with Crippen molar-refractivity contribution in [1.82, 2.24) is 14.8 Å². The van der Waals surface area contributed by atoms with Crippen LogP contribution in [0.15, 0.2) is 52.7 Å². The Kier molecular flexibility index (Phi) is 6.83. The van der Waals surface area contributed by atoms with Crippen molar-refractivity contribution >= 4 is 33.0 Å². The first-order chi connectivity index (χ1) is 15.7. The third kappa shape index (κ3) is 5.61. The Labute approximate surface area is 199 Å². The van der Waals surface area contributed by atoms with Gasteiger partial charge in [0, 0.05) is 49.4 Å². The minimum atomic E-state index is -3.76. The Morgan fingerprint density at radius 2 is 1.82 bits per heavy atom. The first-order valence-corrected chi connectivity index (χ1v) is 13.2. The van der Waals surface area contributed by atoms with E-state index in [-0.39, 0.29) is 10.8 Å². The summed E-state index contributed by atoms with van der Waals surface area (Å²) in [5.74, 6) is -0.0908. The highest BCUT2D eigenvalue weighted by atomic mass is 32.2. The van der Waals surface area contributed by atoms with Gasteiger partial charge in [-0.25, -0.2) is 13.4 Å². The third-order valence-corrected chi connectivity index (χ3v) is 8.05. The largest absolute Gasteiger partial charge is 0.336 e. The van der Waals surface area contributed by atoms with Crippen molar-refractivity contribution in [2.75, 3.05) is 30.9 Å². The number of aryl methyl sites for hydroxylation is 3. The van der Waals surface area contributed by atoms with E-state index in [2.05, 4.69) is 20.0 Å². The zero-order chi connectivity index (χ0) is 23.6. The lowest BCUT2D eigenvalue weighted by Crippen LogP contribution is -2.48. The average Bonchev–Trinajstić information content (AvgIpc) is 3.19. The van der Waals surface area contributed by atoms with E-state index in [1.165, 1.54) is 0 Å². The summed E-state index contributed by atoms with van der Waals surface area (Å²) >= 11 is 1.65. The number of rotatable bonds is 6. The summed E-state index contributed by atoms with van der Waals surface area (Å²) in [5.41, 5.74) is 3.46. The fourth-order valence-corrected chi connectivity index (χ4v) is 5.91. The third-order valence-electron chi connectivity index (χ3n) is 5.71. The fraction of sp³-hybridized carbons (Fsp3) is 0.333. The number of benzene rings is 2. The SMILES string of the molecule is Cc1ccc(C)c(S(=O)(=O)Nc2cccc(C(=O)N3CCN(Cc4csc(C)n4)CC3)c2)c1. The summed E-state index contributed by atoms with van der Waals surface area (Å²) in [6.07, 6.45) is 0.